The molecule has 1 aromatic rings. The fourth-order valence-electron chi connectivity index (χ4n) is 2.25. The van der Waals surface area contributed by atoms with Gasteiger partial charge in [-0.25, -0.2) is 8.78 Å². The summed E-state index contributed by atoms with van der Waals surface area (Å²) in [5.41, 5.74) is 1.98. The van der Waals surface area contributed by atoms with Crippen LogP contribution in [0.4, 0.5) is 8.78 Å². The highest BCUT2D eigenvalue weighted by Crippen LogP contribution is 2.35. The molecular formula is C13H17F2NS. The molecule has 0 radical (unpaired) electrons. The number of benzene rings is 1. The van der Waals surface area contributed by atoms with E-state index in [1.54, 1.807) is 14.0 Å². The minimum Gasteiger partial charge on any atom is -0.316 e. The molecule has 94 valence electrons. The summed E-state index contributed by atoms with van der Waals surface area (Å²) in [5, 5.41) is 2.93. The van der Waals surface area contributed by atoms with Crippen LogP contribution in [0.25, 0.3) is 0 Å². The summed E-state index contributed by atoms with van der Waals surface area (Å²) in [7, 11) is 1.73. The van der Waals surface area contributed by atoms with Crippen LogP contribution < -0.4 is 5.32 Å². The molecule has 1 N–H and O–H groups in total. The third-order valence-corrected chi connectivity index (χ3v) is 4.48. The predicted molar refractivity (Wildman–Crippen MR) is 68.1 cm³/mol. The van der Waals surface area contributed by atoms with Gasteiger partial charge in [-0.3, -0.25) is 0 Å². The van der Waals surface area contributed by atoms with Gasteiger partial charge in [-0.2, -0.15) is 0 Å². The zero-order valence-corrected chi connectivity index (χ0v) is 10.9. The molecule has 2 rings (SSSR count). The summed E-state index contributed by atoms with van der Waals surface area (Å²) in [5.74, 6) is 0.343. The van der Waals surface area contributed by atoms with Crippen molar-refractivity contribution < 1.29 is 8.78 Å². The number of rotatable bonds is 4. The number of alkyl halides is 2. The topological polar surface area (TPSA) is 12.0 Å². The molecule has 0 amide bonds. The average Bonchev–Trinajstić information content (AvgIpc) is 2.75. The molecule has 1 heterocycles. The number of thioether (sulfide) groups is 1. The van der Waals surface area contributed by atoms with Gasteiger partial charge in [0.05, 0.1) is 5.92 Å². The maximum Gasteiger partial charge on any atom is 0.246 e. The zero-order valence-electron chi connectivity index (χ0n) is 10.0. The van der Waals surface area contributed by atoms with Crippen molar-refractivity contribution in [3.8, 4) is 0 Å². The third-order valence-electron chi connectivity index (χ3n) is 3.36. The molecular weight excluding hydrogens is 240 g/mol. The van der Waals surface area contributed by atoms with E-state index < -0.39 is 12.3 Å². The van der Waals surface area contributed by atoms with Crippen LogP contribution in [0.3, 0.4) is 0 Å². The van der Waals surface area contributed by atoms with Crippen LogP contribution in [0, 0.1) is 0 Å². The minimum atomic E-state index is -2.33. The molecule has 1 nitrogen and oxygen atoms in total. The van der Waals surface area contributed by atoms with Crippen molar-refractivity contribution in [3.05, 3.63) is 29.3 Å². The second kappa shape index (κ2) is 5.36. The van der Waals surface area contributed by atoms with Gasteiger partial charge in [0.25, 0.3) is 0 Å². The van der Waals surface area contributed by atoms with E-state index in [0.717, 1.165) is 17.7 Å². The van der Waals surface area contributed by atoms with Crippen molar-refractivity contribution in [1.82, 2.24) is 5.32 Å². The first kappa shape index (κ1) is 12.8. The average molecular weight is 257 g/mol. The molecule has 1 aromatic carbocycles. The van der Waals surface area contributed by atoms with Gasteiger partial charge >= 0.3 is 0 Å². The molecule has 0 aromatic heterocycles. The summed E-state index contributed by atoms with van der Waals surface area (Å²) in [6, 6.07) is 5.57. The van der Waals surface area contributed by atoms with Crippen LogP contribution in [0.15, 0.2) is 23.1 Å². The van der Waals surface area contributed by atoms with Crippen LogP contribution in [0.5, 0.6) is 0 Å². The van der Waals surface area contributed by atoms with Gasteiger partial charge in [0.15, 0.2) is 0 Å². The largest absolute Gasteiger partial charge is 0.316 e. The molecule has 0 fully saturated rings. The van der Waals surface area contributed by atoms with Gasteiger partial charge in [-0.1, -0.05) is 12.1 Å². The number of aryl methyl sites for hydroxylation is 1. The first-order valence-electron chi connectivity index (χ1n) is 5.84. The Labute approximate surface area is 105 Å². The third kappa shape index (κ3) is 2.63. The second-order valence-corrected chi connectivity index (χ2v) is 5.54. The zero-order chi connectivity index (χ0) is 12.4. The van der Waals surface area contributed by atoms with E-state index in [2.05, 4.69) is 5.32 Å². The van der Waals surface area contributed by atoms with E-state index in [0.29, 0.717) is 0 Å². The second-order valence-electron chi connectivity index (χ2n) is 4.40. The Morgan fingerprint density at radius 3 is 2.76 bits per heavy atom. The highest BCUT2D eigenvalue weighted by atomic mass is 32.2. The summed E-state index contributed by atoms with van der Waals surface area (Å²) in [4.78, 5) is 1.25. The summed E-state index contributed by atoms with van der Waals surface area (Å²) in [6.07, 6.45) is -1.33. The summed E-state index contributed by atoms with van der Waals surface area (Å²) in [6.45, 7) is 1.80. The van der Waals surface area contributed by atoms with Crippen molar-refractivity contribution in [2.75, 3.05) is 12.8 Å². The first-order chi connectivity index (χ1) is 8.13. The van der Waals surface area contributed by atoms with E-state index in [1.165, 1.54) is 10.5 Å². The van der Waals surface area contributed by atoms with Crippen LogP contribution in [0.1, 0.15) is 24.0 Å². The smallest absolute Gasteiger partial charge is 0.246 e. The molecule has 1 aliphatic rings. The lowest BCUT2D eigenvalue weighted by Gasteiger charge is -2.23. The van der Waals surface area contributed by atoms with Crippen molar-refractivity contribution in [1.29, 1.82) is 0 Å². The molecule has 4 heteroatoms. The molecule has 1 aliphatic heterocycles. The molecule has 17 heavy (non-hydrogen) atoms. The number of hydrogen-bond acceptors (Lipinski definition) is 2. The Balaban J connectivity index is 2.30. The monoisotopic (exact) mass is 257 g/mol. The van der Waals surface area contributed by atoms with E-state index in [4.69, 9.17) is 0 Å². The lowest BCUT2D eigenvalue weighted by molar-refractivity contribution is 0.0994. The summed E-state index contributed by atoms with van der Waals surface area (Å²) < 4.78 is 26.3. The van der Waals surface area contributed by atoms with Crippen molar-refractivity contribution in [3.63, 3.8) is 0 Å². The van der Waals surface area contributed by atoms with Gasteiger partial charge in [0.2, 0.25) is 6.43 Å². The molecule has 2 atom stereocenters. The number of likely N-dealkylation sites (N-methyl/N-ethyl adjacent to an activating group) is 1. The molecule has 2 unspecified atom stereocenters. The van der Waals surface area contributed by atoms with Crippen LogP contribution in [0.2, 0.25) is 0 Å². The van der Waals surface area contributed by atoms with Crippen LogP contribution in [-0.2, 0) is 6.42 Å². The van der Waals surface area contributed by atoms with Crippen molar-refractivity contribution >= 4 is 11.8 Å². The predicted octanol–water partition coefficient (Wildman–Crippen LogP) is 3.29. The van der Waals surface area contributed by atoms with E-state index in [9.17, 15) is 8.78 Å². The maximum absolute atomic E-state index is 13.1. The van der Waals surface area contributed by atoms with Crippen molar-refractivity contribution in [2.24, 2.45) is 0 Å². The fourth-order valence-corrected chi connectivity index (χ4v) is 3.30. The lowest BCUT2D eigenvalue weighted by atomic mass is 9.91. The molecule has 0 saturated heterocycles. The van der Waals surface area contributed by atoms with E-state index in [1.807, 2.05) is 30.0 Å². The summed E-state index contributed by atoms with van der Waals surface area (Å²) >= 11 is 1.81. The number of halogens is 2. The number of fused-ring (bicyclic) bond motifs is 1. The highest BCUT2D eigenvalue weighted by Gasteiger charge is 2.28. The Bertz CT molecular complexity index is 395. The highest BCUT2D eigenvalue weighted by molar-refractivity contribution is 7.99. The Morgan fingerprint density at radius 2 is 2.12 bits per heavy atom. The Morgan fingerprint density at radius 1 is 1.35 bits per heavy atom. The Kier molecular flexibility index (Phi) is 4.05. The quantitative estimate of drug-likeness (QED) is 0.888. The standard InChI is InChI=1S/C13H17F2NS/c1-8(16-2)12(13(14)15)10-3-4-11-9(7-10)5-6-17-11/h3-4,7-8,12-13,16H,5-6H2,1-2H3. The number of hydrogen-bond donors (Lipinski definition) is 1. The van der Waals surface area contributed by atoms with Gasteiger partial charge in [-0.15, -0.1) is 11.8 Å². The van der Waals surface area contributed by atoms with Gasteiger partial charge < -0.3 is 5.32 Å². The van der Waals surface area contributed by atoms with Gasteiger partial charge in [0, 0.05) is 16.7 Å². The fraction of sp³-hybridized carbons (Fsp3) is 0.538. The van der Waals surface area contributed by atoms with E-state index >= 15 is 0 Å². The normalized spacial score (nSPS) is 18.2. The molecule has 0 bridgehead atoms. The van der Waals surface area contributed by atoms with Crippen LogP contribution in [-0.4, -0.2) is 25.3 Å². The van der Waals surface area contributed by atoms with Crippen LogP contribution >= 0.6 is 11.8 Å². The van der Waals surface area contributed by atoms with Gasteiger partial charge in [-0.05, 0) is 37.6 Å². The van der Waals surface area contributed by atoms with Crippen molar-refractivity contribution in [2.45, 2.75) is 36.6 Å². The number of nitrogens with one attached hydrogen (secondary N) is 1. The minimum absolute atomic E-state index is 0.220. The van der Waals surface area contributed by atoms with Gasteiger partial charge in [0.1, 0.15) is 0 Å². The lowest BCUT2D eigenvalue weighted by Crippen LogP contribution is -2.33. The molecule has 0 spiro atoms. The maximum atomic E-state index is 13.1. The SMILES string of the molecule is CNC(C)C(c1ccc2c(c1)CCS2)C(F)F. The Hall–Kier alpha value is -0.610. The first-order valence-corrected chi connectivity index (χ1v) is 6.83. The van der Waals surface area contributed by atoms with E-state index in [-0.39, 0.29) is 6.04 Å². The molecule has 0 aliphatic carbocycles. The molecule has 0 saturated carbocycles.